The first kappa shape index (κ1) is 7.30. The second kappa shape index (κ2) is 4.46. The molecule has 0 aliphatic heterocycles. The highest BCUT2D eigenvalue weighted by molar-refractivity contribution is 6.25. The Morgan fingerprint density at radius 2 is 2.50 bits per heavy atom. The minimum atomic E-state index is -0.542. The van der Waals surface area contributed by atoms with E-state index in [1.54, 1.807) is 6.08 Å². The van der Waals surface area contributed by atoms with E-state index in [1.807, 2.05) is 0 Å². The maximum Gasteiger partial charge on any atom is 0.312 e. The molecule has 3 N–H and O–H groups in total. The van der Waals surface area contributed by atoms with Crippen LogP contribution in [-0.2, 0) is 0 Å². The van der Waals surface area contributed by atoms with Crippen molar-refractivity contribution in [1.29, 1.82) is 0 Å². The van der Waals surface area contributed by atoms with Gasteiger partial charge in [-0.15, -0.1) is 0 Å². The molecule has 0 unspecified atom stereocenters. The van der Waals surface area contributed by atoms with Crippen LogP contribution in [0.15, 0.2) is 11.6 Å². The monoisotopic (exact) mass is 134 g/mol. The second-order valence-corrected chi connectivity index (χ2v) is 1.36. The zero-order valence-corrected chi connectivity index (χ0v) is 4.98. The summed E-state index contributed by atoms with van der Waals surface area (Å²) in [6, 6.07) is -0.542. The first-order chi connectivity index (χ1) is 3.77. The number of carbonyl (C=O) groups excluding carboxylic acids is 1. The number of hydrogen-bond donors (Lipinski definition) is 2. The lowest BCUT2D eigenvalue weighted by atomic mass is 10.6. The summed E-state index contributed by atoms with van der Waals surface area (Å²) in [6.45, 7) is 0.388. The molecular formula is C4H7ClN2O. The van der Waals surface area contributed by atoms with E-state index >= 15 is 0 Å². The van der Waals surface area contributed by atoms with Crippen molar-refractivity contribution >= 4 is 17.6 Å². The highest BCUT2D eigenvalue weighted by atomic mass is 35.5. The molecule has 0 radical (unpaired) electrons. The molecule has 0 aromatic heterocycles. The molecule has 2 amide bonds. The van der Waals surface area contributed by atoms with Gasteiger partial charge < -0.3 is 11.1 Å². The molecule has 0 atom stereocenters. The quantitative estimate of drug-likeness (QED) is 0.565. The van der Waals surface area contributed by atoms with E-state index in [9.17, 15) is 4.79 Å². The minimum absolute atomic E-state index is 0.388. The number of nitrogens with two attached hydrogens (primary N) is 1. The first-order valence-corrected chi connectivity index (χ1v) is 2.49. The van der Waals surface area contributed by atoms with Gasteiger partial charge in [0.15, 0.2) is 0 Å². The van der Waals surface area contributed by atoms with Crippen LogP contribution < -0.4 is 11.1 Å². The second-order valence-electron chi connectivity index (χ2n) is 1.11. The van der Waals surface area contributed by atoms with Crippen LogP contribution in [0.3, 0.4) is 0 Å². The SMILES string of the molecule is NC(=O)NCC=CCl. The molecule has 8 heavy (non-hydrogen) atoms. The maximum absolute atomic E-state index is 9.91. The third kappa shape index (κ3) is 5.30. The van der Waals surface area contributed by atoms with Gasteiger partial charge in [-0.25, -0.2) is 4.79 Å². The Labute approximate surface area is 52.5 Å². The third-order valence-corrected chi connectivity index (χ3v) is 0.661. The molecule has 0 bridgehead atoms. The molecule has 0 spiro atoms. The summed E-state index contributed by atoms with van der Waals surface area (Å²) in [5.41, 5.74) is 6.02. The fraction of sp³-hybridized carbons (Fsp3) is 0.250. The Balaban J connectivity index is 3.05. The summed E-state index contributed by atoms with van der Waals surface area (Å²) in [7, 11) is 0. The molecule has 0 aromatic rings. The average molecular weight is 135 g/mol. The van der Waals surface area contributed by atoms with E-state index in [2.05, 4.69) is 5.32 Å². The first-order valence-electron chi connectivity index (χ1n) is 2.06. The van der Waals surface area contributed by atoms with Crippen LogP contribution in [0.4, 0.5) is 4.79 Å². The molecule has 0 saturated carbocycles. The van der Waals surface area contributed by atoms with Crippen molar-refractivity contribution in [2.45, 2.75) is 0 Å². The van der Waals surface area contributed by atoms with Crippen molar-refractivity contribution in [3.63, 3.8) is 0 Å². The van der Waals surface area contributed by atoms with Crippen LogP contribution in [0.2, 0.25) is 0 Å². The number of urea groups is 1. The minimum Gasteiger partial charge on any atom is -0.352 e. The van der Waals surface area contributed by atoms with Gasteiger partial charge in [0.25, 0.3) is 0 Å². The van der Waals surface area contributed by atoms with Gasteiger partial charge in [0.1, 0.15) is 0 Å². The lowest BCUT2D eigenvalue weighted by molar-refractivity contribution is 0.250. The molecule has 4 heteroatoms. The Morgan fingerprint density at radius 1 is 1.88 bits per heavy atom. The number of rotatable bonds is 2. The molecular weight excluding hydrogens is 128 g/mol. The lowest BCUT2D eigenvalue weighted by Crippen LogP contribution is -2.29. The van der Waals surface area contributed by atoms with Gasteiger partial charge >= 0.3 is 6.03 Å². The van der Waals surface area contributed by atoms with E-state index in [1.165, 1.54) is 5.54 Å². The van der Waals surface area contributed by atoms with Gasteiger partial charge in [-0.3, -0.25) is 0 Å². The number of amides is 2. The van der Waals surface area contributed by atoms with E-state index in [0.717, 1.165) is 0 Å². The highest BCUT2D eigenvalue weighted by Gasteiger charge is 1.82. The standard InChI is InChI=1S/C4H7ClN2O/c5-2-1-3-7-4(6)8/h1-2H,3H2,(H3,6,7,8). The van der Waals surface area contributed by atoms with Crippen molar-refractivity contribution in [2.24, 2.45) is 5.73 Å². The van der Waals surface area contributed by atoms with Crippen LogP contribution >= 0.6 is 11.6 Å². The van der Waals surface area contributed by atoms with Crippen LogP contribution in [0.5, 0.6) is 0 Å². The average Bonchev–Trinajstić information content (AvgIpc) is 1.66. The Morgan fingerprint density at radius 3 is 2.88 bits per heavy atom. The summed E-state index contributed by atoms with van der Waals surface area (Å²) in [5, 5.41) is 2.31. The predicted octanol–water partition coefficient (Wildman–Crippen LogP) is 0.407. The zero-order chi connectivity index (χ0) is 6.41. The summed E-state index contributed by atoms with van der Waals surface area (Å²) in [6.07, 6.45) is 1.58. The number of hydrogen-bond acceptors (Lipinski definition) is 1. The van der Waals surface area contributed by atoms with Crippen molar-refractivity contribution in [3.05, 3.63) is 11.6 Å². The lowest BCUT2D eigenvalue weighted by Gasteiger charge is -1.91. The third-order valence-electron chi connectivity index (χ3n) is 0.483. The largest absolute Gasteiger partial charge is 0.352 e. The van der Waals surface area contributed by atoms with Crippen molar-refractivity contribution < 1.29 is 4.79 Å². The Hall–Kier alpha value is -0.700. The van der Waals surface area contributed by atoms with Gasteiger partial charge in [-0.1, -0.05) is 17.7 Å². The van der Waals surface area contributed by atoms with E-state index in [0.29, 0.717) is 6.54 Å². The van der Waals surface area contributed by atoms with E-state index in [-0.39, 0.29) is 0 Å². The number of carbonyl (C=O) groups is 1. The van der Waals surface area contributed by atoms with Crippen LogP contribution in [0.25, 0.3) is 0 Å². The molecule has 0 rings (SSSR count). The molecule has 0 saturated heterocycles. The van der Waals surface area contributed by atoms with Crippen LogP contribution in [0.1, 0.15) is 0 Å². The van der Waals surface area contributed by atoms with Crippen molar-refractivity contribution in [3.8, 4) is 0 Å². The summed E-state index contributed by atoms with van der Waals surface area (Å²) < 4.78 is 0. The zero-order valence-electron chi connectivity index (χ0n) is 4.23. The van der Waals surface area contributed by atoms with Crippen molar-refractivity contribution in [2.75, 3.05) is 6.54 Å². The summed E-state index contributed by atoms with van der Waals surface area (Å²) >= 11 is 5.11. The normalized spacial score (nSPS) is 9.62. The fourth-order valence-electron chi connectivity index (χ4n) is 0.204. The molecule has 0 aromatic carbocycles. The molecule has 46 valence electrons. The molecule has 3 nitrogen and oxygen atoms in total. The van der Waals surface area contributed by atoms with Gasteiger partial charge in [0.2, 0.25) is 0 Å². The maximum atomic E-state index is 9.91. The summed E-state index contributed by atoms with van der Waals surface area (Å²) in [4.78, 5) is 9.91. The molecule has 0 heterocycles. The summed E-state index contributed by atoms with van der Waals surface area (Å²) in [5.74, 6) is 0. The van der Waals surface area contributed by atoms with Crippen LogP contribution in [-0.4, -0.2) is 12.6 Å². The van der Waals surface area contributed by atoms with E-state index < -0.39 is 6.03 Å². The molecule has 0 fully saturated rings. The van der Waals surface area contributed by atoms with Gasteiger partial charge in [-0.05, 0) is 0 Å². The molecule has 0 aliphatic carbocycles. The smallest absolute Gasteiger partial charge is 0.312 e. The van der Waals surface area contributed by atoms with Gasteiger partial charge in [0, 0.05) is 12.1 Å². The van der Waals surface area contributed by atoms with E-state index in [4.69, 9.17) is 17.3 Å². The van der Waals surface area contributed by atoms with Gasteiger partial charge in [0.05, 0.1) is 0 Å². The highest BCUT2D eigenvalue weighted by Crippen LogP contribution is 1.73. The fourth-order valence-corrected chi connectivity index (χ4v) is 0.293. The Bertz CT molecular complexity index is 102. The van der Waals surface area contributed by atoms with Crippen molar-refractivity contribution in [1.82, 2.24) is 5.32 Å². The number of primary amides is 1. The topological polar surface area (TPSA) is 55.1 Å². The van der Waals surface area contributed by atoms with Crippen LogP contribution in [0, 0.1) is 0 Å². The van der Waals surface area contributed by atoms with Gasteiger partial charge in [-0.2, -0.15) is 0 Å². The predicted molar refractivity (Wildman–Crippen MR) is 32.6 cm³/mol. The molecule has 0 aliphatic rings. The Kier molecular flexibility index (Phi) is 4.07. The number of halogens is 1. The number of nitrogens with one attached hydrogen (secondary N) is 1.